The summed E-state index contributed by atoms with van der Waals surface area (Å²) in [5.74, 6) is -42.3. The van der Waals surface area contributed by atoms with E-state index in [4.69, 9.17) is 0 Å². The fraction of sp³-hybridized carbons (Fsp3) is 1.00. The summed E-state index contributed by atoms with van der Waals surface area (Å²) in [5, 5.41) is 0. The highest BCUT2D eigenvalue weighted by molar-refractivity contribution is 5.09. The van der Waals surface area contributed by atoms with Crippen LogP contribution in [-0.4, -0.2) is 41.7 Å². The van der Waals surface area contributed by atoms with Crippen molar-refractivity contribution < 1.29 is 65.9 Å². The van der Waals surface area contributed by atoms with Gasteiger partial charge in [-0.2, -0.15) is 65.9 Å². The lowest BCUT2D eigenvalue weighted by molar-refractivity contribution is -0.411. The van der Waals surface area contributed by atoms with Crippen molar-refractivity contribution >= 4 is 0 Å². The van der Waals surface area contributed by atoms with Gasteiger partial charge in [-0.05, 0) is 0 Å². The van der Waals surface area contributed by atoms with Crippen molar-refractivity contribution in [3.8, 4) is 0 Å². The van der Waals surface area contributed by atoms with Gasteiger partial charge in [0.2, 0.25) is 0 Å². The molecule has 0 heterocycles. The Labute approximate surface area is 135 Å². The minimum atomic E-state index is -7.67. The fourth-order valence-electron chi connectivity index (χ4n) is 1.62. The Morgan fingerprint density at radius 2 is 0.808 bits per heavy atom. The molecule has 0 bridgehead atoms. The molecule has 26 heavy (non-hydrogen) atoms. The first-order chi connectivity index (χ1) is 11.0. The van der Waals surface area contributed by atoms with E-state index in [1.165, 1.54) is 0 Å². The summed E-state index contributed by atoms with van der Waals surface area (Å²) in [6.07, 6.45) is -14.5. The van der Waals surface area contributed by atoms with E-state index in [-0.39, 0.29) is 0 Å². The van der Waals surface area contributed by atoms with Crippen molar-refractivity contribution in [2.75, 3.05) is 0 Å². The van der Waals surface area contributed by atoms with Crippen LogP contribution in [0.2, 0.25) is 0 Å². The van der Waals surface area contributed by atoms with Crippen molar-refractivity contribution in [3.05, 3.63) is 0 Å². The summed E-state index contributed by atoms with van der Waals surface area (Å²) in [4.78, 5) is 0. The summed E-state index contributed by atoms with van der Waals surface area (Å²) in [6, 6.07) is 0. The molecule has 0 aliphatic carbocycles. The van der Waals surface area contributed by atoms with Crippen LogP contribution in [0.5, 0.6) is 0 Å². The summed E-state index contributed by atoms with van der Waals surface area (Å²) in [7, 11) is 0. The molecule has 0 aliphatic rings. The second-order valence-electron chi connectivity index (χ2n) is 5.26. The lowest BCUT2D eigenvalue weighted by Gasteiger charge is -2.40. The quantitative estimate of drug-likeness (QED) is 0.386. The Kier molecular flexibility index (Phi) is 6.27. The van der Waals surface area contributed by atoms with Crippen molar-refractivity contribution in [1.29, 1.82) is 0 Å². The van der Waals surface area contributed by atoms with Crippen LogP contribution in [0.3, 0.4) is 0 Å². The minimum absolute atomic E-state index is 0.707. The van der Waals surface area contributed by atoms with Crippen molar-refractivity contribution in [3.63, 3.8) is 0 Å². The molecule has 0 fully saturated rings. The second kappa shape index (κ2) is 6.53. The fourth-order valence-corrected chi connectivity index (χ4v) is 1.62. The predicted octanol–water partition coefficient (Wildman–Crippen LogP) is 6.55. The topological polar surface area (TPSA) is 0 Å². The van der Waals surface area contributed by atoms with Crippen LogP contribution in [0, 0.1) is 0 Å². The summed E-state index contributed by atoms with van der Waals surface area (Å²) in [6.45, 7) is 0.707. The van der Waals surface area contributed by atoms with Crippen LogP contribution < -0.4 is 0 Å². The zero-order chi connectivity index (χ0) is 21.6. The zero-order valence-electron chi connectivity index (χ0n) is 12.3. The van der Waals surface area contributed by atoms with Crippen LogP contribution in [-0.2, 0) is 0 Å². The van der Waals surface area contributed by atoms with Gasteiger partial charge in [0.05, 0.1) is 6.42 Å². The van der Waals surface area contributed by atoms with Gasteiger partial charge in [-0.1, -0.05) is 13.3 Å². The summed E-state index contributed by atoms with van der Waals surface area (Å²) in [5.41, 5.74) is 0. The highest BCUT2D eigenvalue weighted by Gasteiger charge is 2.86. The van der Waals surface area contributed by atoms with Crippen LogP contribution in [0.15, 0.2) is 0 Å². The molecule has 0 N–H and O–H groups in total. The maximum absolute atomic E-state index is 13.2. The number of hydrogen-bond donors (Lipinski definition) is 0. The molecule has 0 nitrogen and oxygen atoms in total. The molecule has 0 aromatic heterocycles. The molecule has 0 saturated carbocycles. The molecule has 15 heteroatoms. The Bertz CT molecular complexity index is 486. The average molecular weight is 426 g/mol. The standard InChI is InChI=1S/C11H9F15/c1-2-3-5(12,13)8(18,19)10(22,23)9(20,21)6(14,15)4-7(16,17)11(24,25)26/h2-4H2,1H3. The smallest absolute Gasteiger partial charge is 0.200 e. The van der Waals surface area contributed by atoms with Crippen LogP contribution >= 0.6 is 0 Å². The molecule has 0 amide bonds. The lowest BCUT2D eigenvalue weighted by atomic mass is 9.90. The molecule has 0 rings (SSSR count). The van der Waals surface area contributed by atoms with Crippen molar-refractivity contribution in [2.45, 2.75) is 67.9 Å². The number of alkyl halides is 15. The first kappa shape index (κ1) is 24.9. The molecular weight excluding hydrogens is 417 g/mol. The number of hydrogen-bond acceptors (Lipinski definition) is 0. The van der Waals surface area contributed by atoms with E-state index in [9.17, 15) is 65.9 Å². The molecule has 0 saturated heterocycles. The second-order valence-corrected chi connectivity index (χ2v) is 5.26. The van der Waals surface area contributed by atoms with E-state index in [1.54, 1.807) is 0 Å². The summed E-state index contributed by atoms with van der Waals surface area (Å²) < 4.78 is 191. The van der Waals surface area contributed by atoms with Gasteiger partial charge in [0.1, 0.15) is 0 Å². The molecule has 158 valence electrons. The maximum Gasteiger partial charge on any atom is 0.453 e. The third kappa shape index (κ3) is 3.80. The highest BCUT2D eigenvalue weighted by Crippen LogP contribution is 2.60. The van der Waals surface area contributed by atoms with Crippen LogP contribution in [0.1, 0.15) is 26.2 Å². The predicted molar refractivity (Wildman–Crippen MR) is 55.3 cm³/mol. The Hall–Kier alpha value is -1.05. The van der Waals surface area contributed by atoms with Crippen LogP contribution in [0.25, 0.3) is 0 Å². The van der Waals surface area contributed by atoms with Gasteiger partial charge in [-0.15, -0.1) is 0 Å². The van der Waals surface area contributed by atoms with Gasteiger partial charge in [-0.25, -0.2) is 0 Å². The SMILES string of the molecule is CCCC(F)(F)C(F)(F)C(F)(F)C(F)(F)C(F)(F)CC(F)(F)C(F)(F)F. The van der Waals surface area contributed by atoms with Gasteiger partial charge >= 0.3 is 41.7 Å². The van der Waals surface area contributed by atoms with Crippen molar-refractivity contribution in [1.82, 2.24) is 0 Å². The number of rotatable bonds is 8. The zero-order valence-corrected chi connectivity index (χ0v) is 12.3. The monoisotopic (exact) mass is 426 g/mol. The first-order valence-corrected chi connectivity index (χ1v) is 6.35. The van der Waals surface area contributed by atoms with E-state index in [2.05, 4.69) is 0 Å². The number of halogens is 15. The van der Waals surface area contributed by atoms with Crippen molar-refractivity contribution in [2.24, 2.45) is 0 Å². The highest BCUT2D eigenvalue weighted by atomic mass is 19.4. The maximum atomic E-state index is 13.2. The van der Waals surface area contributed by atoms with E-state index >= 15 is 0 Å². The van der Waals surface area contributed by atoms with E-state index in [0.717, 1.165) is 0 Å². The molecule has 0 atom stereocenters. The molecule has 0 aromatic rings. The molecule has 0 spiro atoms. The van der Waals surface area contributed by atoms with E-state index in [1.807, 2.05) is 0 Å². The molecular formula is C11H9F15. The van der Waals surface area contributed by atoms with Gasteiger partial charge in [0.15, 0.2) is 0 Å². The van der Waals surface area contributed by atoms with Gasteiger partial charge in [0, 0.05) is 6.42 Å². The molecule has 0 radical (unpaired) electrons. The van der Waals surface area contributed by atoms with E-state index in [0.29, 0.717) is 6.92 Å². The minimum Gasteiger partial charge on any atom is -0.200 e. The Morgan fingerprint density at radius 1 is 0.462 bits per heavy atom. The van der Waals surface area contributed by atoms with E-state index < -0.39 is 61.0 Å². The molecule has 0 aromatic carbocycles. The largest absolute Gasteiger partial charge is 0.453 e. The lowest BCUT2D eigenvalue weighted by Crippen LogP contribution is -2.68. The van der Waals surface area contributed by atoms with Gasteiger partial charge in [-0.3, -0.25) is 0 Å². The third-order valence-electron chi connectivity index (χ3n) is 3.13. The Morgan fingerprint density at radius 3 is 1.12 bits per heavy atom. The third-order valence-corrected chi connectivity index (χ3v) is 3.13. The first-order valence-electron chi connectivity index (χ1n) is 6.35. The van der Waals surface area contributed by atoms with Gasteiger partial charge < -0.3 is 0 Å². The van der Waals surface area contributed by atoms with Gasteiger partial charge in [0.25, 0.3) is 0 Å². The van der Waals surface area contributed by atoms with Crippen LogP contribution in [0.4, 0.5) is 65.9 Å². The average Bonchev–Trinajstić information content (AvgIpc) is 2.34. The Balaban J connectivity index is 6.11. The summed E-state index contributed by atoms with van der Waals surface area (Å²) >= 11 is 0. The molecule has 0 unspecified atom stereocenters. The molecule has 0 aliphatic heterocycles. The normalized spacial score (nSPS) is 16.2.